The average molecular weight is 364 g/mol. The molecule has 0 spiro atoms. The molecular weight excluding hydrogens is 352 g/mol. The van der Waals surface area contributed by atoms with E-state index in [0.717, 1.165) is 10.8 Å². The van der Waals surface area contributed by atoms with Gasteiger partial charge < -0.3 is 14.9 Å². The molecule has 6 heteroatoms. The number of ketones is 1. The van der Waals surface area contributed by atoms with Crippen LogP contribution in [-0.2, 0) is 11.2 Å². The molecule has 2 aromatic heterocycles. The normalized spacial score (nSPS) is 11.1. The number of benzene rings is 2. The number of aromatic amines is 1. The van der Waals surface area contributed by atoms with Crippen molar-refractivity contribution >= 4 is 45.0 Å². The molecule has 5 nitrogen and oxygen atoms in total. The Hall–Kier alpha value is -3.18. The summed E-state index contributed by atoms with van der Waals surface area (Å²) >= 11 is 6.00. The number of H-pyrrole nitrogens is 1. The number of carboxylic acids is 1. The number of hydrogen-bond donors (Lipinski definition) is 1. The van der Waals surface area contributed by atoms with E-state index in [-0.39, 0.29) is 23.6 Å². The molecule has 0 amide bonds. The molecule has 0 saturated carbocycles. The van der Waals surface area contributed by atoms with Gasteiger partial charge in [0.15, 0.2) is 0 Å². The first kappa shape index (κ1) is 16.3. The fourth-order valence-electron chi connectivity index (χ4n) is 3.09. The summed E-state index contributed by atoms with van der Waals surface area (Å²) in [5.41, 5.74) is 1.39. The van der Waals surface area contributed by atoms with Crippen LogP contribution in [0.25, 0.3) is 21.7 Å². The van der Waals surface area contributed by atoms with Crippen LogP contribution >= 0.6 is 11.6 Å². The number of carboxylic acid groups (broad SMARTS) is 1. The Labute approximate surface area is 153 Å². The van der Waals surface area contributed by atoms with Gasteiger partial charge in [-0.15, -0.1) is 0 Å². The first-order valence-electron chi connectivity index (χ1n) is 7.92. The molecular formula is C20H12ClN2O3-. The van der Waals surface area contributed by atoms with Crippen molar-refractivity contribution < 1.29 is 14.7 Å². The number of nitrogens with one attached hydrogen (secondary N) is 1. The number of nitrogens with zero attached hydrogens (tertiary/aromatic N) is 1. The van der Waals surface area contributed by atoms with E-state index < -0.39 is 5.97 Å². The molecule has 0 aliphatic heterocycles. The number of fused-ring (bicyclic) bond motifs is 2. The smallest absolute Gasteiger partial charge is 0.227 e. The van der Waals surface area contributed by atoms with Gasteiger partial charge in [-0.2, -0.15) is 0 Å². The van der Waals surface area contributed by atoms with Crippen LogP contribution in [0.15, 0.2) is 54.7 Å². The van der Waals surface area contributed by atoms with Gasteiger partial charge in [0.2, 0.25) is 5.78 Å². The largest absolute Gasteiger partial charge is 0.550 e. The van der Waals surface area contributed by atoms with Crippen molar-refractivity contribution in [3.63, 3.8) is 0 Å². The second kappa shape index (κ2) is 6.28. The van der Waals surface area contributed by atoms with Crippen molar-refractivity contribution in [2.75, 3.05) is 0 Å². The summed E-state index contributed by atoms with van der Waals surface area (Å²) in [6.45, 7) is 0. The molecule has 0 radical (unpaired) electrons. The predicted molar refractivity (Wildman–Crippen MR) is 97.2 cm³/mol. The van der Waals surface area contributed by atoms with E-state index in [2.05, 4.69) is 9.97 Å². The van der Waals surface area contributed by atoms with Gasteiger partial charge in [0.25, 0.3) is 0 Å². The van der Waals surface area contributed by atoms with E-state index in [1.165, 1.54) is 0 Å². The Morgan fingerprint density at radius 2 is 1.85 bits per heavy atom. The molecule has 4 aromatic rings. The standard InChI is InChI=1S/C20H13ClN2O3/c21-13-5-6-14-15(9-18(24)25)19(23-16(14)8-13)20(26)17-7-11-3-1-2-4-12(11)10-22-17/h1-8,10,23H,9H2,(H,24,25)/p-1. The Morgan fingerprint density at radius 1 is 1.08 bits per heavy atom. The number of pyridine rings is 1. The molecule has 0 aliphatic carbocycles. The van der Waals surface area contributed by atoms with Crippen LogP contribution in [0.5, 0.6) is 0 Å². The third-order valence-electron chi connectivity index (χ3n) is 4.28. The second-order valence-corrected chi connectivity index (χ2v) is 6.40. The monoisotopic (exact) mass is 363 g/mol. The van der Waals surface area contributed by atoms with Crippen LogP contribution in [0.4, 0.5) is 0 Å². The molecule has 0 saturated heterocycles. The molecule has 0 fully saturated rings. The van der Waals surface area contributed by atoms with Gasteiger partial charge in [-0.25, -0.2) is 0 Å². The quantitative estimate of drug-likeness (QED) is 0.565. The van der Waals surface area contributed by atoms with Crippen molar-refractivity contribution in [1.82, 2.24) is 9.97 Å². The Balaban J connectivity index is 1.88. The van der Waals surface area contributed by atoms with Gasteiger partial charge in [-0.05, 0) is 29.1 Å². The summed E-state index contributed by atoms with van der Waals surface area (Å²) in [5.74, 6) is -1.64. The lowest BCUT2D eigenvalue weighted by Gasteiger charge is -2.06. The third-order valence-corrected chi connectivity index (χ3v) is 4.52. The van der Waals surface area contributed by atoms with Crippen molar-refractivity contribution in [2.45, 2.75) is 6.42 Å². The van der Waals surface area contributed by atoms with Crippen LogP contribution in [-0.4, -0.2) is 21.7 Å². The highest BCUT2D eigenvalue weighted by atomic mass is 35.5. The first-order valence-corrected chi connectivity index (χ1v) is 8.30. The fourth-order valence-corrected chi connectivity index (χ4v) is 3.26. The van der Waals surface area contributed by atoms with Crippen molar-refractivity contribution in [1.29, 1.82) is 0 Å². The number of aromatic nitrogens is 2. The van der Waals surface area contributed by atoms with Gasteiger partial charge in [0, 0.05) is 39.9 Å². The summed E-state index contributed by atoms with van der Waals surface area (Å²) in [5, 5.41) is 14.1. The lowest BCUT2D eigenvalue weighted by Crippen LogP contribution is -2.25. The molecule has 2 heterocycles. The molecule has 2 aromatic carbocycles. The minimum atomic E-state index is -1.26. The molecule has 0 aliphatic rings. The molecule has 1 N–H and O–H groups in total. The van der Waals surface area contributed by atoms with E-state index in [1.807, 2.05) is 24.3 Å². The average Bonchev–Trinajstić information content (AvgIpc) is 2.97. The van der Waals surface area contributed by atoms with Gasteiger partial charge in [0.05, 0.1) is 5.69 Å². The molecule has 128 valence electrons. The van der Waals surface area contributed by atoms with E-state index in [1.54, 1.807) is 30.5 Å². The van der Waals surface area contributed by atoms with Gasteiger partial charge >= 0.3 is 0 Å². The third kappa shape index (κ3) is 2.82. The second-order valence-electron chi connectivity index (χ2n) is 5.96. The zero-order chi connectivity index (χ0) is 18.3. The van der Waals surface area contributed by atoms with Crippen LogP contribution in [0.3, 0.4) is 0 Å². The summed E-state index contributed by atoms with van der Waals surface area (Å²) < 4.78 is 0. The number of hydrogen-bond acceptors (Lipinski definition) is 4. The first-order chi connectivity index (χ1) is 12.5. The van der Waals surface area contributed by atoms with Crippen LogP contribution in [0.2, 0.25) is 5.02 Å². The molecule has 0 unspecified atom stereocenters. The van der Waals surface area contributed by atoms with Gasteiger partial charge in [0.1, 0.15) is 5.69 Å². The number of aliphatic carboxylic acids is 1. The highest BCUT2D eigenvalue weighted by Gasteiger charge is 2.20. The topological polar surface area (TPSA) is 85.9 Å². The summed E-state index contributed by atoms with van der Waals surface area (Å²) in [6.07, 6.45) is 1.25. The summed E-state index contributed by atoms with van der Waals surface area (Å²) in [6, 6.07) is 14.3. The van der Waals surface area contributed by atoms with Crippen LogP contribution in [0, 0.1) is 0 Å². The lowest BCUT2D eigenvalue weighted by molar-refractivity contribution is -0.304. The van der Waals surface area contributed by atoms with Gasteiger partial charge in [-0.1, -0.05) is 41.9 Å². The van der Waals surface area contributed by atoms with Gasteiger partial charge in [-0.3, -0.25) is 9.78 Å². The zero-order valence-electron chi connectivity index (χ0n) is 13.5. The highest BCUT2D eigenvalue weighted by Crippen LogP contribution is 2.27. The Morgan fingerprint density at radius 3 is 2.62 bits per heavy atom. The molecule has 0 atom stereocenters. The maximum atomic E-state index is 13.0. The summed E-state index contributed by atoms with van der Waals surface area (Å²) in [7, 11) is 0. The number of carbonyl (C=O) groups is 2. The van der Waals surface area contributed by atoms with Crippen molar-refractivity contribution in [3.05, 3.63) is 76.7 Å². The lowest BCUT2D eigenvalue weighted by atomic mass is 10.0. The van der Waals surface area contributed by atoms with Crippen molar-refractivity contribution in [2.24, 2.45) is 0 Å². The van der Waals surface area contributed by atoms with E-state index in [4.69, 9.17) is 11.6 Å². The maximum Gasteiger partial charge on any atom is 0.227 e. The van der Waals surface area contributed by atoms with E-state index >= 15 is 0 Å². The van der Waals surface area contributed by atoms with E-state index in [0.29, 0.717) is 21.5 Å². The molecule has 26 heavy (non-hydrogen) atoms. The number of halogens is 1. The number of carbonyl (C=O) groups excluding carboxylic acids is 2. The maximum absolute atomic E-state index is 13.0. The van der Waals surface area contributed by atoms with Crippen LogP contribution in [0.1, 0.15) is 21.7 Å². The van der Waals surface area contributed by atoms with Crippen LogP contribution < -0.4 is 5.11 Å². The van der Waals surface area contributed by atoms with Crippen molar-refractivity contribution in [3.8, 4) is 0 Å². The molecule has 0 bridgehead atoms. The minimum Gasteiger partial charge on any atom is -0.550 e. The SMILES string of the molecule is O=C([O-])Cc1c(C(=O)c2cc3ccccc3cn2)[nH]c2cc(Cl)ccc12. The fraction of sp³-hybridized carbons (Fsp3) is 0.0500. The predicted octanol–water partition coefficient (Wildman–Crippen LogP) is 2.89. The Bertz CT molecular complexity index is 1180. The molecule has 4 rings (SSSR count). The summed E-state index contributed by atoms with van der Waals surface area (Å²) in [4.78, 5) is 31.4. The van der Waals surface area contributed by atoms with E-state index in [9.17, 15) is 14.7 Å². The minimum absolute atomic E-state index is 0.189. The Kier molecular flexibility index (Phi) is 3.93. The zero-order valence-corrected chi connectivity index (χ0v) is 14.2. The number of rotatable bonds is 4. The highest BCUT2D eigenvalue weighted by molar-refractivity contribution is 6.31.